The number of hydrogen-bond donors (Lipinski definition) is 1. The van der Waals surface area contributed by atoms with Gasteiger partial charge in [0.05, 0.1) is 15.6 Å². The van der Waals surface area contributed by atoms with Gasteiger partial charge in [-0.1, -0.05) is 29.3 Å². The molecule has 2 N–H and O–H groups in total. The normalized spacial score (nSPS) is 10.9. The first-order valence-corrected chi connectivity index (χ1v) is 8.65. The summed E-state index contributed by atoms with van der Waals surface area (Å²) in [4.78, 5) is 3.93. The van der Waals surface area contributed by atoms with Crippen LogP contribution in [0, 0.1) is 34.6 Å². The number of pyridine rings is 1. The molecular formula is C16H20ClN2O3S-. The summed E-state index contributed by atoms with van der Waals surface area (Å²) in [7, 11) is -4.33. The molecule has 0 amide bonds. The maximum atomic E-state index is 10.8. The molecule has 0 aliphatic heterocycles. The zero-order valence-corrected chi connectivity index (χ0v) is 15.3. The second-order valence-electron chi connectivity index (χ2n) is 5.44. The first kappa shape index (κ1) is 19.4. The fourth-order valence-electron chi connectivity index (χ4n) is 2.25. The Labute approximate surface area is 142 Å². The molecule has 0 bridgehead atoms. The number of hydrogen-bond acceptors (Lipinski definition) is 5. The zero-order chi connectivity index (χ0) is 17.9. The molecule has 23 heavy (non-hydrogen) atoms. The van der Waals surface area contributed by atoms with Crippen LogP contribution >= 0.6 is 11.6 Å². The third kappa shape index (κ3) is 5.20. The van der Waals surface area contributed by atoms with E-state index in [-0.39, 0.29) is 4.90 Å². The average molecular weight is 356 g/mol. The summed E-state index contributed by atoms with van der Waals surface area (Å²) in [5.41, 5.74) is 9.23. The van der Waals surface area contributed by atoms with Crippen LogP contribution in [0.15, 0.2) is 23.1 Å². The molecule has 0 spiro atoms. The van der Waals surface area contributed by atoms with Gasteiger partial charge in [-0.3, -0.25) is 0 Å². The van der Waals surface area contributed by atoms with Crippen molar-refractivity contribution >= 4 is 27.5 Å². The molecule has 2 aromatic rings. The topological polar surface area (TPSA) is 96.1 Å². The summed E-state index contributed by atoms with van der Waals surface area (Å²) in [6.07, 6.45) is 0. The van der Waals surface area contributed by atoms with Gasteiger partial charge in [0.15, 0.2) is 0 Å². The molecule has 1 aromatic carbocycles. The Kier molecular flexibility index (Phi) is 6.16. The Morgan fingerprint density at radius 1 is 1.00 bits per heavy atom. The molecule has 0 saturated carbocycles. The van der Waals surface area contributed by atoms with Crippen LogP contribution in [0.3, 0.4) is 0 Å². The van der Waals surface area contributed by atoms with Gasteiger partial charge in [-0.2, -0.15) is 0 Å². The van der Waals surface area contributed by atoms with Gasteiger partial charge in [0, 0.05) is 0 Å². The fourth-order valence-corrected chi connectivity index (χ4v) is 3.36. The Hall–Kier alpha value is -1.63. The molecular weight excluding hydrogens is 336 g/mol. The predicted molar refractivity (Wildman–Crippen MR) is 91.7 cm³/mol. The lowest BCUT2D eigenvalue weighted by molar-refractivity contribution is 0.462. The molecule has 1 heterocycles. The highest BCUT2D eigenvalue weighted by molar-refractivity contribution is 7.85. The number of rotatable bonds is 1. The van der Waals surface area contributed by atoms with E-state index >= 15 is 0 Å². The van der Waals surface area contributed by atoms with Gasteiger partial charge < -0.3 is 10.3 Å². The van der Waals surface area contributed by atoms with Crippen molar-refractivity contribution in [3.8, 4) is 0 Å². The lowest BCUT2D eigenvalue weighted by atomic mass is 10.1. The third-order valence-corrected chi connectivity index (χ3v) is 4.76. The van der Waals surface area contributed by atoms with Crippen molar-refractivity contribution in [3.05, 3.63) is 51.2 Å². The number of aryl methyl sites for hydroxylation is 5. The van der Waals surface area contributed by atoms with Crippen molar-refractivity contribution in [1.29, 1.82) is 0 Å². The molecule has 0 fully saturated rings. The Morgan fingerprint density at radius 3 is 1.87 bits per heavy atom. The van der Waals surface area contributed by atoms with Gasteiger partial charge in [0.1, 0.15) is 15.9 Å². The highest BCUT2D eigenvalue weighted by Crippen LogP contribution is 2.21. The van der Waals surface area contributed by atoms with Gasteiger partial charge in [0.2, 0.25) is 0 Å². The highest BCUT2D eigenvalue weighted by atomic mass is 35.5. The monoisotopic (exact) mass is 355 g/mol. The van der Waals surface area contributed by atoms with E-state index < -0.39 is 10.1 Å². The second-order valence-corrected chi connectivity index (χ2v) is 7.16. The number of halogens is 1. The van der Waals surface area contributed by atoms with Crippen molar-refractivity contribution in [1.82, 2.24) is 4.98 Å². The van der Waals surface area contributed by atoms with E-state index in [0.29, 0.717) is 22.0 Å². The minimum Gasteiger partial charge on any atom is -0.744 e. The van der Waals surface area contributed by atoms with E-state index in [2.05, 4.69) is 4.98 Å². The average Bonchev–Trinajstić information content (AvgIpc) is 2.34. The van der Waals surface area contributed by atoms with Crippen molar-refractivity contribution < 1.29 is 13.0 Å². The number of benzene rings is 1. The van der Waals surface area contributed by atoms with Gasteiger partial charge >= 0.3 is 0 Å². The lowest BCUT2D eigenvalue weighted by Crippen LogP contribution is -2.04. The summed E-state index contributed by atoms with van der Waals surface area (Å²) in [5.74, 6) is 0.557. The number of anilines is 1. The maximum Gasteiger partial charge on any atom is 0.126 e. The van der Waals surface area contributed by atoms with Crippen LogP contribution in [-0.2, 0) is 10.1 Å². The van der Waals surface area contributed by atoms with E-state index in [9.17, 15) is 13.0 Å². The highest BCUT2D eigenvalue weighted by Gasteiger charge is 2.09. The van der Waals surface area contributed by atoms with Crippen LogP contribution in [0.25, 0.3) is 0 Å². The van der Waals surface area contributed by atoms with Crippen LogP contribution in [0.4, 0.5) is 5.82 Å². The van der Waals surface area contributed by atoms with Crippen molar-refractivity contribution in [2.75, 3.05) is 5.73 Å². The van der Waals surface area contributed by atoms with Crippen LogP contribution in [0.5, 0.6) is 0 Å². The molecule has 0 radical (unpaired) electrons. The summed E-state index contributed by atoms with van der Waals surface area (Å²) >= 11 is 5.77. The molecule has 0 aliphatic rings. The van der Waals surface area contributed by atoms with Gasteiger partial charge in [-0.15, -0.1) is 0 Å². The Morgan fingerprint density at radius 2 is 1.48 bits per heavy atom. The number of nitrogens with two attached hydrogens (primary N) is 1. The number of aromatic nitrogens is 1. The molecule has 1 aromatic heterocycles. The molecule has 2 rings (SSSR count). The van der Waals surface area contributed by atoms with E-state index in [1.165, 1.54) is 0 Å². The van der Waals surface area contributed by atoms with E-state index in [1.54, 1.807) is 26.0 Å². The van der Waals surface area contributed by atoms with E-state index in [1.807, 2.05) is 26.8 Å². The van der Waals surface area contributed by atoms with Crippen LogP contribution in [-0.4, -0.2) is 18.0 Å². The SMILES string of the molecule is Cc1cc(C)c(S(=O)(=O)[O-])c(C)c1.Cc1cc(Cl)c(C)nc1N. The van der Waals surface area contributed by atoms with Crippen LogP contribution < -0.4 is 5.73 Å². The molecule has 0 unspecified atom stereocenters. The number of nitrogens with zero attached hydrogens (tertiary/aromatic N) is 1. The van der Waals surface area contributed by atoms with Gasteiger partial charge in [-0.25, -0.2) is 13.4 Å². The fraction of sp³-hybridized carbons (Fsp3) is 0.312. The minimum atomic E-state index is -4.33. The summed E-state index contributed by atoms with van der Waals surface area (Å²) in [5, 5.41) is 0.673. The summed E-state index contributed by atoms with van der Waals surface area (Å²) < 4.78 is 32.5. The molecule has 5 nitrogen and oxygen atoms in total. The first-order valence-electron chi connectivity index (χ1n) is 6.86. The van der Waals surface area contributed by atoms with Crippen molar-refractivity contribution in [2.24, 2.45) is 0 Å². The third-order valence-electron chi connectivity index (χ3n) is 3.24. The molecule has 0 aliphatic carbocycles. The Bertz CT molecular complexity index is 760. The smallest absolute Gasteiger partial charge is 0.126 e. The second kappa shape index (κ2) is 7.29. The first-order chi connectivity index (χ1) is 10.4. The quantitative estimate of drug-likeness (QED) is 0.790. The van der Waals surface area contributed by atoms with E-state index in [4.69, 9.17) is 17.3 Å². The van der Waals surface area contributed by atoms with Crippen LogP contribution in [0.2, 0.25) is 5.02 Å². The number of nitrogen functional groups attached to an aromatic ring is 1. The van der Waals surface area contributed by atoms with Crippen LogP contribution in [0.1, 0.15) is 27.9 Å². The lowest BCUT2D eigenvalue weighted by Gasteiger charge is -2.14. The Balaban J connectivity index is 0.000000238. The van der Waals surface area contributed by atoms with Gasteiger partial charge in [0.25, 0.3) is 0 Å². The molecule has 0 atom stereocenters. The molecule has 7 heteroatoms. The largest absolute Gasteiger partial charge is 0.744 e. The summed E-state index contributed by atoms with van der Waals surface area (Å²) in [6.45, 7) is 8.84. The summed E-state index contributed by atoms with van der Waals surface area (Å²) in [6, 6.07) is 5.20. The standard InChI is InChI=1S/C9H12O3S.C7H9ClN2/c1-6-4-7(2)9(8(3)5-6)13(10,11)12;1-4-3-6(8)5(2)10-7(4)9/h4-5H,1-3H3,(H,10,11,12);3H,1-2H3,(H2,9,10)/p-1. The predicted octanol–water partition coefficient (Wildman–Crippen LogP) is 3.45. The molecule has 0 saturated heterocycles. The minimum absolute atomic E-state index is 0.0851. The van der Waals surface area contributed by atoms with E-state index in [0.717, 1.165) is 16.8 Å². The maximum absolute atomic E-state index is 10.8. The van der Waals surface area contributed by atoms with Crippen molar-refractivity contribution in [3.63, 3.8) is 0 Å². The zero-order valence-electron chi connectivity index (χ0n) is 13.8. The van der Waals surface area contributed by atoms with Gasteiger partial charge in [-0.05, 0) is 57.4 Å². The molecule has 126 valence electrons. The van der Waals surface area contributed by atoms with Crippen molar-refractivity contribution in [2.45, 2.75) is 39.5 Å².